The number of hydrogen-bond donors (Lipinski definition) is 1. The van der Waals surface area contributed by atoms with Crippen molar-refractivity contribution in [2.24, 2.45) is 11.0 Å². The highest BCUT2D eigenvalue weighted by molar-refractivity contribution is 5.75. The molecule has 1 aliphatic carbocycles. The Morgan fingerprint density at radius 3 is 2.82 bits per heavy atom. The summed E-state index contributed by atoms with van der Waals surface area (Å²) in [7, 11) is 0. The Bertz CT molecular complexity index is 268. The van der Waals surface area contributed by atoms with Crippen LogP contribution in [0, 0.1) is 5.92 Å². The number of nitrogens with zero attached hydrogens (tertiary/aromatic N) is 3. The van der Waals surface area contributed by atoms with Gasteiger partial charge in [-0.1, -0.05) is 37.2 Å². The van der Waals surface area contributed by atoms with Crippen LogP contribution in [0.1, 0.15) is 51.4 Å². The maximum absolute atomic E-state index is 11.5. The molecule has 5 heteroatoms. The van der Waals surface area contributed by atoms with Crippen LogP contribution < -0.4 is 5.32 Å². The van der Waals surface area contributed by atoms with Crippen LogP contribution in [0.5, 0.6) is 0 Å². The van der Waals surface area contributed by atoms with Gasteiger partial charge < -0.3 is 5.32 Å². The van der Waals surface area contributed by atoms with Gasteiger partial charge in [0, 0.05) is 24.4 Å². The molecule has 0 bridgehead atoms. The third kappa shape index (κ3) is 6.84. The third-order valence-corrected chi connectivity index (χ3v) is 3.32. The van der Waals surface area contributed by atoms with E-state index < -0.39 is 0 Å². The minimum Gasteiger partial charge on any atom is -0.356 e. The molecule has 0 aromatic heterocycles. The smallest absolute Gasteiger partial charge is 0.220 e. The second-order valence-corrected chi connectivity index (χ2v) is 4.70. The van der Waals surface area contributed by atoms with Crippen LogP contribution >= 0.6 is 0 Å². The van der Waals surface area contributed by atoms with Crippen molar-refractivity contribution < 1.29 is 4.79 Å². The van der Waals surface area contributed by atoms with Crippen molar-refractivity contribution in [3.8, 4) is 0 Å². The van der Waals surface area contributed by atoms with Gasteiger partial charge in [-0.25, -0.2) is 0 Å². The molecule has 1 amide bonds. The highest BCUT2D eigenvalue weighted by atomic mass is 16.1. The SMILES string of the molecule is [N-]=[N+]=NCCCNC(=O)CCC1CCCCC1. The van der Waals surface area contributed by atoms with Crippen molar-refractivity contribution in [2.45, 2.75) is 51.4 Å². The fourth-order valence-corrected chi connectivity index (χ4v) is 2.32. The third-order valence-electron chi connectivity index (χ3n) is 3.32. The van der Waals surface area contributed by atoms with E-state index >= 15 is 0 Å². The van der Waals surface area contributed by atoms with Crippen molar-refractivity contribution >= 4 is 5.91 Å². The first-order chi connectivity index (χ1) is 8.33. The second-order valence-electron chi connectivity index (χ2n) is 4.70. The molecule has 0 radical (unpaired) electrons. The molecule has 0 aromatic carbocycles. The summed E-state index contributed by atoms with van der Waals surface area (Å²) >= 11 is 0. The Morgan fingerprint density at radius 2 is 2.12 bits per heavy atom. The summed E-state index contributed by atoms with van der Waals surface area (Å²) in [6.45, 7) is 1.07. The van der Waals surface area contributed by atoms with Gasteiger partial charge in [-0.15, -0.1) is 0 Å². The largest absolute Gasteiger partial charge is 0.356 e. The van der Waals surface area contributed by atoms with E-state index in [1.165, 1.54) is 32.1 Å². The van der Waals surface area contributed by atoms with E-state index in [1.807, 2.05) is 0 Å². The zero-order valence-electron chi connectivity index (χ0n) is 10.4. The minimum absolute atomic E-state index is 0.136. The van der Waals surface area contributed by atoms with Crippen LogP contribution in [-0.4, -0.2) is 19.0 Å². The van der Waals surface area contributed by atoms with Crippen molar-refractivity contribution in [1.29, 1.82) is 0 Å². The number of carbonyl (C=O) groups excluding carboxylic acids is 1. The fourth-order valence-electron chi connectivity index (χ4n) is 2.32. The van der Waals surface area contributed by atoms with Gasteiger partial charge in [0.1, 0.15) is 0 Å². The zero-order chi connectivity index (χ0) is 12.3. The van der Waals surface area contributed by atoms with Crippen LogP contribution in [0.3, 0.4) is 0 Å². The Morgan fingerprint density at radius 1 is 1.35 bits per heavy atom. The summed E-state index contributed by atoms with van der Waals surface area (Å²) in [4.78, 5) is 14.2. The molecule has 1 fully saturated rings. The summed E-state index contributed by atoms with van der Waals surface area (Å²) in [6, 6.07) is 0. The Kier molecular flexibility index (Phi) is 7.23. The molecule has 17 heavy (non-hydrogen) atoms. The van der Waals surface area contributed by atoms with Gasteiger partial charge in [-0.3, -0.25) is 4.79 Å². The molecule has 0 unspecified atom stereocenters. The highest BCUT2D eigenvalue weighted by Gasteiger charge is 2.14. The second kappa shape index (κ2) is 8.88. The average Bonchev–Trinajstić information content (AvgIpc) is 2.37. The van der Waals surface area contributed by atoms with E-state index in [0.717, 1.165) is 18.8 Å². The van der Waals surface area contributed by atoms with E-state index in [1.54, 1.807) is 0 Å². The maximum atomic E-state index is 11.5. The van der Waals surface area contributed by atoms with Crippen LogP contribution in [0.4, 0.5) is 0 Å². The van der Waals surface area contributed by atoms with Crippen LogP contribution in [0.25, 0.3) is 10.4 Å². The van der Waals surface area contributed by atoms with Crippen LogP contribution in [0.2, 0.25) is 0 Å². The lowest BCUT2D eigenvalue weighted by Gasteiger charge is -2.20. The summed E-state index contributed by atoms with van der Waals surface area (Å²) < 4.78 is 0. The molecular weight excluding hydrogens is 216 g/mol. The zero-order valence-corrected chi connectivity index (χ0v) is 10.4. The summed E-state index contributed by atoms with van der Waals surface area (Å²) in [5.41, 5.74) is 8.07. The molecule has 0 saturated heterocycles. The summed E-state index contributed by atoms with van der Waals surface area (Å²) in [5, 5.41) is 6.28. The quantitative estimate of drug-likeness (QED) is 0.314. The number of rotatable bonds is 7. The number of amides is 1. The molecule has 96 valence electrons. The van der Waals surface area contributed by atoms with E-state index in [4.69, 9.17) is 5.53 Å². The first kappa shape index (κ1) is 13.8. The Labute approximate surface area is 103 Å². The van der Waals surface area contributed by atoms with Crippen LogP contribution in [0.15, 0.2) is 5.11 Å². The Balaban J connectivity index is 1.98. The molecule has 1 rings (SSSR count). The number of azide groups is 1. The molecule has 5 nitrogen and oxygen atoms in total. The van der Waals surface area contributed by atoms with Crippen LogP contribution in [-0.2, 0) is 4.79 Å². The van der Waals surface area contributed by atoms with Gasteiger partial charge >= 0.3 is 0 Å². The first-order valence-electron chi connectivity index (χ1n) is 6.60. The molecule has 0 aliphatic heterocycles. The molecule has 0 aromatic rings. The summed E-state index contributed by atoms with van der Waals surface area (Å²) in [5.74, 6) is 0.897. The van der Waals surface area contributed by atoms with Gasteiger partial charge in [0.2, 0.25) is 5.91 Å². The van der Waals surface area contributed by atoms with E-state index in [-0.39, 0.29) is 5.91 Å². The molecule has 0 spiro atoms. The number of carbonyl (C=O) groups is 1. The molecule has 1 aliphatic rings. The van der Waals surface area contributed by atoms with E-state index in [2.05, 4.69) is 15.3 Å². The lowest BCUT2D eigenvalue weighted by atomic mass is 9.86. The standard InChI is InChI=1S/C12H22N4O/c13-16-15-10-4-9-14-12(17)8-7-11-5-2-1-3-6-11/h11H,1-10H2,(H,14,17). The fraction of sp³-hybridized carbons (Fsp3) is 0.917. The van der Waals surface area contributed by atoms with Gasteiger partial charge in [-0.2, -0.15) is 0 Å². The van der Waals surface area contributed by atoms with Crippen molar-refractivity contribution in [3.63, 3.8) is 0 Å². The normalized spacial score (nSPS) is 16.2. The Hall–Kier alpha value is -1.22. The van der Waals surface area contributed by atoms with Gasteiger partial charge in [-0.05, 0) is 24.3 Å². The molecule has 0 atom stereocenters. The molecule has 1 N–H and O–H groups in total. The molecular formula is C12H22N4O. The van der Waals surface area contributed by atoms with Crippen molar-refractivity contribution in [3.05, 3.63) is 10.4 Å². The van der Waals surface area contributed by atoms with E-state index in [0.29, 0.717) is 19.5 Å². The minimum atomic E-state index is 0.136. The average molecular weight is 238 g/mol. The lowest BCUT2D eigenvalue weighted by molar-refractivity contribution is -0.121. The molecule has 0 heterocycles. The molecule has 1 saturated carbocycles. The number of nitrogens with one attached hydrogen (secondary N) is 1. The van der Waals surface area contributed by atoms with Crippen molar-refractivity contribution in [1.82, 2.24) is 5.32 Å². The summed E-state index contributed by atoms with van der Waals surface area (Å²) in [6.07, 6.45) is 9.01. The van der Waals surface area contributed by atoms with Gasteiger partial charge in [0.15, 0.2) is 0 Å². The number of hydrogen-bond acceptors (Lipinski definition) is 2. The first-order valence-corrected chi connectivity index (χ1v) is 6.60. The predicted molar refractivity (Wildman–Crippen MR) is 67.4 cm³/mol. The van der Waals surface area contributed by atoms with Crippen molar-refractivity contribution in [2.75, 3.05) is 13.1 Å². The van der Waals surface area contributed by atoms with E-state index in [9.17, 15) is 4.79 Å². The topological polar surface area (TPSA) is 77.9 Å². The van der Waals surface area contributed by atoms with Gasteiger partial charge in [0.05, 0.1) is 0 Å². The lowest BCUT2D eigenvalue weighted by Crippen LogP contribution is -2.25. The monoisotopic (exact) mass is 238 g/mol. The maximum Gasteiger partial charge on any atom is 0.220 e. The highest BCUT2D eigenvalue weighted by Crippen LogP contribution is 2.27. The van der Waals surface area contributed by atoms with Gasteiger partial charge in [0.25, 0.3) is 0 Å². The predicted octanol–water partition coefficient (Wildman–Crippen LogP) is 3.16.